The van der Waals surface area contributed by atoms with Gasteiger partial charge in [0.1, 0.15) is 18.5 Å². The van der Waals surface area contributed by atoms with Crippen molar-refractivity contribution in [2.24, 2.45) is 0 Å². The van der Waals surface area contributed by atoms with Crippen molar-refractivity contribution < 1.29 is 32.3 Å². The van der Waals surface area contributed by atoms with Gasteiger partial charge in [-0.3, -0.25) is 19.5 Å². The van der Waals surface area contributed by atoms with E-state index < -0.39 is 36.4 Å². The molecule has 1 atom stereocenters. The lowest BCUT2D eigenvalue weighted by atomic mass is 10.2. The number of alkyl halides is 1. The second kappa shape index (κ2) is 16.9. The molecule has 2 aromatic rings. The van der Waals surface area contributed by atoms with Crippen molar-refractivity contribution in [2.45, 2.75) is 32.8 Å². The Labute approximate surface area is 254 Å². The molecule has 1 aromatic carbocycles. The summed E-state index contributed by atoms with van der Waals surface area (Å²) in [6.07, 6.45) is 6.56. The van der Waals surface area contributed by atoms with Crippen LogP contribution in [0.3, 0.4) is 0 Å². The Kier molecular flexibility index (Phi) is 13.0. The standard InChI is InChI=1S/C26H29F3N6O4.C4H9N/c1-17(11-27)12-31-14-20-16-35(26(38)39-20)19-9-21(28)24(22(29)10-19)34-7-5-33(6-8-34)23(36)15-32-25(37)18-3-2-4-30-13-18;1-2-3-4-5/h2-4,9-10,12-13,20,31H,5-8,11,14-16H2,1H3,(H,32,37);4-5H,2-3H2,1H3/b17-12+;. The third-order valence-corrected chi connectivity index (χ3v) is 6.80. The van der Waals surface area contributed by atoms with Crippen molar-refractivity contribution in [2.75, 3.05) is 62.3 Å². The van der Waals surface area contributed by atoms with Gasteiger partial charge in [0, 0.05) is 50.7 Å². The number of piperazine rings is 1. The maximum absolute atomic E-state index is 15.1. The normalized spacial score (nSPS) is 16.6. The molecule has 1 unspecified atom stereocenters. The lowest BCUT2D eigenvalue weighted by Crippen LogP contribution is -2.51. The Morgan fingerprint density at radius 2 is 1.89 bits per heavy atom. The van der Waals surface area contributed by atoms with Crippen LogP contribution in [0.2, 0.25) is 0 Å². The molecule has 0 saturated carbocycles. The Morgan fingerprint density at radius 3 is 2.45 bits per heavy atom. The molecule has 4 rings (SSSR count). The molecule has 238 valence electrons. The second-order valence-corrected chi connectivity index (χ2v) is 10.2. The lowest BCUT2D eigenvalue weighted by molar-refractivity contribution is -0.130. The van der Waals surface area contributed by atoms with Gasteiger partial charge in [-0.2, -0.15) is 0 Å². The van der Waals surface area contributed by atoms with E-state index in [0.717, 1.165) is 29.9 Å². The van der Waals surface area contributed by atoms with Crippen molar-refractivity contribution in [1.29, 1.82) is 5.41 Å². The third kappa shape index (κ3) is 9.44. The number of unbranched alkanes of at least 4 members (excludes halogenated alkanes) is 1. The van der Waals surface area contributed by atoms with Gasteiger partial charge in [0.15, 0.2) is 11.6 Å². The topological polar surface area (TPSA) is 131 Å². The van der Waals surface area contributed by atoms with E-state index in [1.165, 1.54) is 34.6 Å². The first kappa shape index (κ1) is 33.9. The molecular weight excluding hydrogens is 579 g/mol. The number of cyclic esters (lactones) is 1. The average Bonchev–Trinajstić information content (AvgIpc) is 3.40. The predicted octanol–water partition coefficient (Wildman–Crippen LogP) is 3.66. The molecule has 3 amide bonds. The van der Waals surface area contributed by atoms with Gasteiger partial charge in [-0.1, -0.05) is 13.3 Å². The first-order chi connectivity index (χ1) is 21.2. The van der Waals surface area contributed by atoms with Crippen LogP contribution >= 0.6 is 0 Å². The molecule has 44 heavy (non-hydrogen) atoms. The van der Waals surface area contributed by atoms with Crippen molar-refractivity contribution in [3.63, 3.8) is 0 Å². The Bertz CT molecular complexity index is 1300. The van der Waals surface area contributed by atoms with E-state index in [0.29, 0.717) is 11.1 Å². The summed E-state index contributed by atoms with van der Waals surface area (Å²) in [6, 6.07) is 5.35. The molecular formula is C30H38F3N7O4. The average molecular weight is 618 g/mol. The third-order valence-electron chi connectivity index (χ3n) is 6.80. The van der Waals surface area contributed by atoms with E-state index in [2.05, 4.69) is 22.5 Å². The summed E-state index contributed by atoms with van der Waals surface area (Å²) in [5, 5.41) is 11.9. The fraction of sp³-hybridized carbons (Fsp3) is 0.433. The Balaban J connectivity index is 0.000000978. The zero-order valence-corrected chi connectivity index (χ0v) is 24.8. The van der Waals surface area contributed by atoms with Gasteiger partial charge in [-0.15, -0.1) is 0 Å². The second-order valence-electron chi connectivity index (χ2n) is 10.2. The summed E-state index contributed by atoms with van der Waals surface area (Å²) >= 11 is 0. The summed E-state index contributed by atoms with van der Waals surface area (Å²) in [7, 11) is 0. The molecule has 14 heteroatoms. The number of amides is 3. The van der Waals surface area contributed by atoms with Gasteiger partial charge in [0.05, 0.1) is 30.9 Å². The van der Waals surface area contributed by atoms with Gasteiger partial charge < -0.3 is 30.6 Å². The monoisotopic (exact) mass is 617 g/mol. The number of hydrogen-bond acceptors (Lipinski definition) is 8. The van der Waals surface area contributed by atoms with E-state index in [4.69, 9.17) is 10.1 Å². The van der Waals surface area contributed by atoms with E-state index in [-0.39, 0.29) is 63.1 Å². The van der Waals surface area contributed by atoms with Crippen LogP contribution in [0.4, 0.5) is 29.3 Å². The maximum atomic E-state index is 15.1. The summed E-state index contributed by atoms with van der Waals surface area (Å²) in [5.74, 6) is -2.42. The fourth-order valence-corrected chi connectivity index (χ4v) is 4.44. The number of allylic oxidation sites excluding steroid dienone is 1. The van der Waals surface area contributed by atoms with Crippen LogP contribution in [0, 0.1) is 17.0 Å². The van der Waals surface area contributed by atoms with Crippen molar-refractivity contribution in [3.8, 4) is 0 Å². The minimum absolute atomic E-state index is 0.0231. The van der Waals surface area contributed by atoms with Crippen molar-refractivity contribution >= 4 is 35.5 Å². The molecule has 0 aliphatic carbocycles. The van der Waals surface area contributed by atoms with Crippen LogP contribution in [-0.4, -0.2) is 92.6 Å². The van der Waals surface area contributed by atoms with Crippen LogP contribution < -0.4 is 20.4 Å². The van der Waals surface area contributed by atoms with Crippen LogP contribution in [0.5, 0.6) is 0 Å². The number of nitrogens with zero attached hydrogens (tertiary/aromatic N) is 4. The van der Waals surface area contributed by atoms with E-state index in [9.17, 15) is 18.8 Å². The van der Waals surface area contributed by atoms with Crippen molar-refractivity contribution in [1.82, 2.24) is 20.5 Å². The van der Waals surface area contributed by atoms with Crippen LogP contribution in [0.25, 0.3) is 0 Å². The SMILES string of the molecule is C/C(=C\NCC1CN(c2cc(F)c(N3CCN(C(=O)CNC(=O)c4cccnc4)CC3)c(F)c2)C(=O)O1)CF.CCCC=N. The largest absolute Gasteiger partial charge is 0.442 e. The molecule has 0 radical (unpaired) electrons. The van der Waals surface area contributed by atoms with Gasteiger partial charge in [-0.05, 0) is 43.5 Å². The van der Waals surface area contributed by atoms with Crippen LogP contribution in [0.15, 0.2) is 48.4 Å². The molecule has 11 nitrogen and oxygen atoms in total. The Morgan fingerprint density at radius 1 is 1.18 bits per heavy atom. The number of benzene rings is 1. The number of pyridine rings is 1. The zero-order valence-electron chi connectivity index (χ0n) is 24.8. The highest BCUT2D eigenvalue weighted by Crippen LogP contribution is 2.31. The number of halogens is 3. The molecule has 3 N–H and O–H groups in total. The first-order valence-electron chi connectivity index (χ1n) is 14.3. The van der Waals surface area contributed by atoms with Gasteiger partial charge in [-0.25, -0.2) is 18.0 Å². The van der Waals surface area contributed by atoms with E-state index in [1.807, 2.05) is 0 Å². The summed E-state index contributed by atoms with van der Waals surface area (Å²) < 4.78 is 47.9. The van der Waals surface area contributed by atoms with Crippen molar-refractivity contribution in [3.05, 3.63) is 65.6 Å². The number of anilines is 2. The minimum atomic E-state index is -0.843. The lowest BCUT2D eigenvalue weighted by Gasteiger charge is -2.36. The molecule has 2 aliphatic rings. The fourth-order valence-electron chi connectivity index (χ4n) is 4.44. The number of ether oxygens (including phenoxy) is 1. The minimum Gasteiger partial charge on any atom is -0.442 e. The predicted molar refractivity (Wildman–Crippen MR) is 161 cm³/mol. The number of rotatable bonds is 11. The first-order valence-corrected chi connectivity index (χ1v) is 14.3. The molecule has 3 heterocycles. The summed E-state index contributed by atoms with van der Waals surface area (Å²) in [6.45, 7) is 3.94. The molecule has 2 saturated heterocycles. The highest BCUT2D eigenvalue weighted by atomic mass is 19.1. The maximum Gasteiger partial charge on any atom is 0.414 e. The number of aromatic nitrogens is 1. The smallest absolute Gasteiger partial charge is 0.414 e. The molecule has 2 aliphatic heterocycles. The van der Waals surface area contributed by atoms with Gasteiger partial charge in [0.2, 0.25) is 5.91 Å². The van der Waals surface area contributed by atoms with Gasteiger partial charge in [0.25, 0.3) is 5.91 Å². The molecule has 2 fully saturated rings. The number of carbonyl (C=O) groups is 3. The zero-order chi connectivity index (χ0) is 32.1. The highest BCUT2D eigenvalue weighted by molar-refractivity contribution is 5.96. The van der Waals surface area contributed by atoms with Gasteiger partial charge >= 0.3 is 6.09 Å². The summed E-state index contributed by atoms with van der Waals surface area (Å²) in [5.41, 5.74) is 0.594. The molecule has 0 spiro atoms. The number of carbonyl (C=O) groups excluding carboxylic acids is 3. The molecule has 0 bridgehead atoms. The summed E-state index contributed by atoms with van der Waals surface area (Å²) in [4.78, 5) is 45.0. The quantitative estimate of drug-likeness (QED) is 0.328. The van der Waals surface area contributed by atoms with E-state index in [1.54, 1.807) is 19.1 Å². The molecule has 1 aromatic heterocycles. The van der Waals surface area contributed by atoms with E-state index >= 15 is 8.78 Å². The van der Waals surface area contributed by atoms with Crippen LogP contribution in [0.1, 0.15) is 37.0 Å². The number of hydrogen-bond donors (Lipinski definition) is 3. The highest BCUT2D eigenvalue weighted by Gasteiger charge is 2.34. The number of nitrogens with one attached hydrogen (secondary N) is 3. The Hall–Kier alpha value is -4.62. The van der Waals surface area contributed by atoms with Crippen LogP contribution in [-0.2, 0) is 9.53 Å².